The first kappa shape index (κ1) is 9.68. The Morgan fingerprint density at radius 3 is 2.54 bits per heavy atom. The average molecular weight is 177 g/mol. The first-order valence-corrected chi connectivity index (χ1v) is 4.04. The smallest absolute Gasteiger partial charge is 0.123 e. The second kappa shape index (κ2) is 4.58. The summed E-state index contributed by atoms with van der Waals surface area (Å²) in [7, 11) is 0. The molecule has 0 bridgehead atoms. The maximum atomic E-state index is 12.5. The Morgan fingerprint density at radius 1 is 1.38 bits per heavy atom. The lowest BCUT2D eigenvalue weighted by atomic mass is 10.2. The number of hydrogen-bond acceptors (Lipinski definition) is 1. The highest BCUT2D eigenvalue weighted by atomic mass is 19.1. The average Bonchev–Trinajstić information content (AvgIpc) is 2.16. The molecular formula is C11H12FN. The fourth-order valence-electron chi connectivity index (χ4n) is 0.856. The minimum atomic E-state index is -0.227. The summed E-state index contributed by atoms with van der Waals surface area (Å²) in [5.74, 6) is -0.227. The summed E-state index contributed by atoms with van der Waals surface area (Å²) in [6.45, 7) is 4.16. The van der Waals surface area contributed by atoms with Gasteiger partial charge in [0.2, 0.25) is 0 Å². The minimum absolute atomic E-state index is 0.227. The number of halogens is 1. The zero-order valence-corrected chi connectivity index (χ0v) is 7.33. The van der Waals surface area contributed by atoms with Crippen molar-refractivity contribution in [1.82, 2.24) is 0 Å². The van der Waals surface area contributed by atoms with Gasteiger partial charge < -0.3 is 5.73 Å². The summed E-state index contributed by atoms with van der Waals surface area (Å²) in [6, 6.07) is 6.25. The maximum Gasteiger partial charge on any atom is 0.123 e. The van der Waals surface area contributed by atoms with Crippen LogP contribution in [0.1, 0.15) is 5.56 Å². The van der Waals surface area contributed by atoms with E-state index in [2.05, 4.69) is 6.58 Å². The number of benzene rings is 1. The van der Waals surface area contributed by atoms with Crippen LogP contribution < -0.4 is 5.73 Å². The third kappa shape index (κ3) is 3.22. The van der Waals surface area contributed by atoms with Gasteiger partial charge in [0.15, 0.2) is 0 Å². The maximum absolute atomic E-state index is 12.5. The van der Waals surface area contributed by atoms with Crippen LogP contribution in [0, 0.1) is 5.82 Å². The van der Waals surface area contributed by atoms with Gasteiger partial charge in [-0.05, 0) is 23.3 Å². The zero-order valence-electron chi connectivity index (χ0n) is 7.33. The fraction of sp³-hybridized carbons (Fsp3) is 0.0909. The van der Waals surface area contributed by atoms with Gasteiger partial charge in [0.05, 0.1) is 0 Å². The van der Waals surface area contributed by atoms with E-state index < -0.39 is 0 Å². The second-order valence-electron chi connectivity index (χ2n) is 2.75. The quantitative estimate of drug-likeness (QED) is 0.705. The van der Waals surface area contributed by atoms with Crippen molar-refractivity contribution >= 4 is 6.08 Å². The molecule has 0 amide bonds. The van der Waals surface area contributed by atoms with Crippen LogP contribution in [0.4, 0.5) is 4.39 Å². The third-order valence-electron chi connectivity index (χ3n) is 1.64. The van der Waals surface area contributed by atoms with Gasteiger partial charge in [-0.1, -0.05) is 30.9 Å². The van der Waals surface area contributed by atoms with Crippen molar-refractivity contribution < 1.29 is 4.39 Å². The first-order valence-electron chi connectivity index (χ1n) is 4.04. The summed E-state index contributed by atoms with van der Waals surface area (Å²) in [6.07, 6.45) is 3.68. The molecule has 0 saturated carbocycles. The van der Waals surface area contributed by atoms with Gasteiger partial charge in [-0.15, -0.1) is 0 Å². The van der Waals surface area contributed by atoms with E-state index in [-0.39, 0.29) is 5.82 Å². The Hall–Kier alpha value is -1.41. The van der Waals surface area contributed by atoms with E-state index in [1.807, 2.05) is 12.2 Å². The summed E-state index contributed by atoms with van der Waals surface area (Å²) in [5.41, 5.74) is 7.14. The molecule has 2 N–H and O–H groups in total. The van der Waals surface area contributed by atoms with Crippen molar-refractivity contribution in [2.75, 3.05) is 6.54 Å². The molecule has 0 unspecified atom stereocenters. The normalized spacial score (nSPS) is 10.6. The van der Waals surface area contributed by atoms with Gasteiger partial charge in [0, 0.05) is 6.54 Å². The van der Waals surface area contributed by atoms with Crippen molar-refractivity contribution in [2.24, 2.45) is 5.73 Å². The summed E-state index contributed by atoms with van der Waals surface area (Å²) in [4.78, 5) is 0. The molecule has 0 aliphatic carbocycles. The molecule has 0 saturated heterocycles. The first-order chi connectivity index (χ1) is 6.22. The van der Waals surface area contributed by atoms with Gasteiger partial charge >= 0.3 is 0 Å². The van der Waals surface area contributed by atoms with Gasteiger partial charge in [0.1, 0.15) is 5.82 Å². The topological polar surface area (TPSA) is 26.0 Å². The molecule has 0 aliphatic rings. The Kier molecular flexibility index (Phi) is 3.41. The van der Waals surface area contributed by atoms with Crippen molar-refractivity contribution in [1.29, 1.82) is 0 Å². The van der Waals surface area contributed by atoms with Crippen molar-refractivity contribution in [3.8, 4) is 0 Å². The molecule has 0 aliphatic heterocycles. The molecule has 0 spiro atoms. The highest BCUT2D eigenvalue weighted by molar-refractivity contribution is 5.52. The highest BCUT2D eigenvalue weighted by Gasteiger charge is 1.88. The van der Waals surface area contributed by atoms with Crippen LogP contribution >= 0.6 is 0 Å². The van der Waals surface area contributed by atoms with Crippen LogP contribution in [0.2, 0.25) is 0 Å². The number of nitrogens with two attached hydrogens (primary N) is 1. The van der Waals surface area contributed by atoms with Gasteiger partial charge in [-0.3, -0.25) is 0 Å². The molecule has 0 atom stereocenters. The van der Waals surface area contributed by atoms with E-state index in [1.54, 1.807) is 12.1 Å². The van der Waals surface area contributed by atoms with Crippen LogP contribution in [0.3, 0.4) is 0 Å². The molecule has 0 aromatic heterocycles. The molecule has 68 valence electrons. The molecule has 1 nitrogen and oxygen atoms in total. The number of rotatable bonds is 3. The molecule has 1 rings (SSSR count). The van der Waals surface area contributed by atoms with E-state index in [4.69, 9.17) is 5.73 Å². The molecule has 2 heteroatoms. The monoisotopic (exact) mass is 177 g/mol. The third-order valence-corrected chi connectivity index (χ3v) is 1.64. The zero-order chi connectivity index (χ0) is 9.68. The van der Waals surface area contributed by atoms with Gasteiger partial charge in [0.25, 0.3) is 0 Å². The summed E-state index contributed by atoms with van der Waals surface area (Å²) in [5, 5.41) is 0. The highest BCUT2D eigenvalue weighted by Crippen LogP contribution is 2.05. The van der Waals surface area contributed by atoms with Crippen molar-refractivity contribution in [2.45, 2.75) is 0 Å². The van der Waals surface area contributed by atoms with Crippen LogP contribution in [-0.4, -0.2) is 6.54 Å². The molecular weight excluding hydrogens is 165 g/mol. The molecule has 1 aromatic rings. The SMILES string of the molecule is C=C(/C=C/c1ccc(F)cc1)CN. The predicted molar refractivity (Wildman–Crippen MR) is 53.6 cm³/mol. The van der Waals surface area contributed by atoms with Crippen LogP contribution in [-0.2, 0) is 0 Å². The Labute approximate surface area is 77.4 Å². The number of hydrogen-bond donors (Lipinski definition) is 1. The largest absolute Gasteiger partial charge is 0.327 e. The van der Waals surface area contributed by atoms with Gasteiger partial charge in [-0.2, -0.15) is 0 Å². The van der Waals surface area contributed by atoms with Crippen molar-refractivity contribution in [3.05, 3.63) is 53.9 Å². The minimum Gasteiger partial charge on any atom is -0.327 e. The van der Waals surface area contributed by atoms with E-state index in [0.717, 1.165) is 11.1 Å². The van der Waals surface area contributed by atoms with Crippen LogP contribution in [0.25, 0.3) is 6.08 Å². The predicted octanol–water partition coefficient (Wildman–Crippen LogP) is 2.35. The Morgan fingerprint density at radius 2 is 2.00 bits per heavy atom. The standard InChI is InChI=1S/C11H12FN/c1-9(8-13)2-3-10-4-6-11(12)7-5-10/h2-7H,1,8,13H2/b3-2+. The van der Waals surface area contributed by atoms with E-state index in [9.17, 15) is 4.39 Å². The molecule has 0 radical (unpaired) electrons. The van der Waals surface area contributed by atoms with E-state index >= 15 is 0 Å². The Balaban J connectivity index is 2.69. The lowest BCUT2D eigenvalue weighted by Crippen LogP contribution is -1.98. The van der Waals surface area contributed by atoms with Crippen LogP contribution in [0.15, 0.2) is 42.5 Å². The fourth-order valence-corrected chi connectivity index (χ4v) is 0.856. The molecule has 13 heavy (non-hydrogen) atoms. The van der Waals surface area contributed by atoms with Gasteiger partial charge in [-0.25, -0.2) is 4.39 Å². The lowest BCUT2D eigenvalue weighted by Gasteiger charge is -1.94. The second-order valence-corrected chi connectivity index (χ2v) is 2.75. The molecule has 0 heterocycles. The van der Waals surface area contributed by atoms with E-state index in [1.165, 1.54) is 12.1 Å². The Bertz CT molecular complexity index is 311. The molecule has 0 fully saturated rings. The van der Waals surface area contributed by atoms with Crippen LogP contribution in [0.5, 0.6) is 0 Å². The summed E-state index contributed by atoms with van der Waals surface area (Å²) >= 11 is 0. The van der Waals surface area contributed by atoms with E-state index in [0.29, 0.717) is 6.54 Å². The summed E-state index contributed by atoms with van der Waals surface area (Å²) < 4.78 is 12.5. The molecule has 1 aromatic carbocycles. The lowest BCUT2D eigenvalue weighted by molar-refractivity contribution is 0.628. The van der Waals surface area contributed by atoms with Crippen molar-refractivity contribution in [3.63, 3.8) is 0 Å².